The van der Waals surface area contributed by atoms with Crippen LogP contribution in [0.5, 0.6) is 0 Å². The van der Waals surface area contributed by atoms with Crippen LogP contribution in [0.1, 0.15) is 34.1 Å². The highest BCUT2D eigenvalue weighted by atomic mass is 31.2. The lowest BCUT2D eigenvalue weighted by molar-refractivity contribution is -0.141. The van der Waals surface area contributed by atoms with Crippen molar-refractivity contribution in [1.82, 2.24) is 10.4 Å². The number of carboxylic acids is 1. The van der Waals surface area contributed by atoms with E-state index in [4.69, 9.17) is 9.05 Å². The van der Waals surface area contributed by atoms with Crippen molar-refractivity contribution < 1.29 is 37.8 Å². The molecular weight excluding hydrogens is 367 g/mol. The molecule has 1 fully saturated rings. The molecule has 0 radical (unpaired) electrons. The first-order valence-electron chi connectivity index (χ1n) is 8.20. The van der Waals surface area contributed by atoms with Gasteiger partial charge in [-0.3, -0.25) is 23.4 Å². The number of carbonyl (C=O) groups excluding carboxylic acids is 2. The van der Waals surface area contributed by atoms with Crippen LogP contribution in [0.3, 0.4) is 0 Å². The number of rotatable bonds is 8. The molecule has 3 N–H and O–H groups in total. The predicted molar refractivity (Wildman–Crippen MR) is 91.3 cm³/mol. The van der Waals surface area contributed by atoms with Crippen molar-refractivity contribution >= 4 is 25.6 Å². The van der Waals surface area contributed by atoms with Gasteiger partial charge < -0.3 is 15.2 Å². The minimum absolute atomic E-state index is 0.0176. The summed E-state index contributed by atoms with van der Waals surface area (Å²) in [5, 5.41) is 14.2. The zero-order chi connectivity index (χ0) is 20.1. The van der Waals surface area contributed by atoms with Gasteiger partial charge in [0.15, 0.2) is 6.10 Å². The SMILES string of the molecule is COC(=O)CCNC(=O)[C@@H]1OP(=O)(N[C@H](C(=O)O)C(C)C)OCC1(C)C. The third kappa shape index (κ3) is 6.05. The maximum atomic E-state index is 12.8. The molecule has 26 heavy (non-hydrogen) atoms. The molecule has 10 nitrogen and oxygen atoms in total. The van der Waals surface area contributed by atoms with E-state index in [1.54, 1.807) is 27.7 Å². The van der Waals surface area contributed by atoms with Crippen molar-refractivity contribution in [2.24, 2.45) is 11.3 Å². The van der Waals surface area contributed by atoms with Crippen molar-refractivity contribution in [1.29, 1.82) is 0 Å². The molecular formula is C15H27N2O8P. The van der Waals surface area contributed by atoms with Gasteiger partial charge in [-0.05, 0) is 5.92 Å². The number of amides is 1. The summed E-state index contributed by atoms with van der Waals surface area (Å²) in [5.41, 5.74) is -0.804. The fourth-order valence-corrected chi connectivity index (χ4v) is 4.36. The van der Waals surface area contributed by atoms with Crippen LogP contribution in [0.15, 0.2) is 0 Å². The molecule has 0 aromatic carbocycles. The zero-order valence-corrected chi connectivity index (χ0v) is 16.5. The maximum Gasteiger partial charge on any atom is 0.407 e. The number of methoxy groups -OCH3 is 1. The Bertz CT molecular complexity index is 592. The van der Waals surface area contributed by atoms with Crippen molar-refractivity contribution in [3.63, 3.8) is 0 Å². The maximum absolute atomic E-state index is 12.8. The van der Waals surface area contributed by atoms with Crippen LogP contribution in [0.4, 0.5) is 0 Å². The van der Waals surface area contributed by atoms with E-state index >= 15 is 0 Å². The van der Waals surface area contributed by atoms with Gasteiger partial charge in [-0.15, -0.1) is 0 Å². The second kappa shape index (κ2) is 8.94. The molecule has 1 aliphatic rings. The molecule has 1 heterocycles. The Morgan fingerprint density at radius 2 is 1.96 bits per heavy atom. The summed E-state index contributed by atoms with van der Waals surface area (Å²) in [6, 6.07) is -1.16. The molecule has 11 heteroatoms. The number of hydrogen-bond donors (Lipinski definition) is 3. The Labute approximate surface area is 152 Å². The van der Waals surface area contributed by atoms with Crippen molar-refractivity contribution in [3.05, 3.63) is 0 Å². The second-order valence-corrected chi connectivity index (χ2v) is 8.77. The number of nitrogens with one attached hydrogen (secondary N) is 2. The topological polar surface area (TPSA) is 140 Å². The third-order valence-electron chi connectivity index (χ3n) is 3.88. The number of carboxylic acid groups (broad SMARTS) is 1. The molecule has 1 rings (SSSR count). The second-order valence-electron chi connectivity index (χ2n) is 7.05. The van der Waals surface area contributed by atoms with E-state index in [0.29, 0.717) is 0 Å². The van der Waals surface area contributed by atoms with E-state index in [9.17, 15) is 24.1 Å². The van der Waals surface area contributed by atoms with Crippen LogP contribution >= 0.6 is 7.75 Å². The highest BCUT2D eigenvalue weighted by Crippen LogP contribution is 2.53. The molecule has 1 saturated heterocycles. The Morgan fingerprint density at radius 1 is 1.35 bits per heavy atom. The van der Waals surface area contributed by atoms with Gasteiger partial charge in [0.25, 0.3) is 0 Å². The quantitative estimate of drug-likeness (QED) is 0.405. The van der Waals surface area contributed by atoms with E-state index in [0.717, 1.165) is 0 Å². The lowest BCUT2D eigenvalue weighted by Crippen LogP contribution is -2.52. The van der Waals surface area contributed by atoms with Crippen LogP contribution in [-0.4, -0.2) is 55.4 Å². The molecule has 3 atom stereocenters. The molecule has 1 aliphatic heterocycles. The molecule has 1 unspecified atom stereocenters. The number of hydrogen-bond acceptors (Lipinski definition) is 7. The fourth-order valence-electron chi connectivity index (χ4n) is 2.25. The number of aliphatic carboxylic acids is 1. The largest absolute Gasteiger partial charge is 0.480 e. The van der Waals surface area contributed by atoms with E-state index in [1.165, 1.54) is 7.11 Å². The molecule has 1 amide bonds. The van der Waals surface area contributed by atoms with Gasteiger partial charge in [0.2, 0.25) is 5.91 Å². The van der Waals surface area contributed by atoms with Gasteiger partial charge in [0.05, 0.1) is 20.1 Å². The average Bonchev–Trinajstić information content (AvgIpc) is 2.54. The Balaban J connectivity index is 2.83. The van der Waals surface area contributed by atoms with E-state index < -0.39 is 43.2 Å². The standard InChI is InChI=1S/C15H27N2O8P/c1-9(2)11(14(20)21)17-26(22)24-8-15(3,4)12(25-26)13(19)16-7-6-10(18)23-5/h9,11-12H,6-8H2,1-5H3,(H,16,19)(H,17,22)(H,20,21)/t11-,12-,26?/m0/s1. The summed E-state index contributed by atoms with van der Waals surface area (Å²) in [5.74, 6) is -2.63. The van der Waals surface area contributed by atoms with Gasteiger partial charge >= 0.3 is 19.7 Å². The lowest BCUT2D eigenvalue weighted by atomic mass is 9.87. The molecule has 0 aromatic heterocycles. The summed E-state index contributed by atoms with van der Waals surface area (Å²) in [6.45, 7) is 6.63. The molecule has 150 valence electrons. The number of ether oxygens (including phenoxy) is 1. The minimum atomic E-state index is -4.01. The monoisotopic (exact) mass is 394 g/mol. The van der Waals surface area contributed by atoms with Crippen molar-refractivity contribution in [3.8, 4) is 0 Å². The summed E-state index contributed by atoms with van der Waals surface area (Å²) in [4.78, 5) is 34.8. The summed E-state index contributed by atoms with van der Waals surface area (Å²) in [6.07, 6.45) is -1.16. The van der Waals surface area contributed by atoms with E-state index in [1.807, 2.05) is 0 Å². The minimum Gasteiger partial charge on any atom is -0.480 e. The van der Waals surface area contributed by atoms with Gasteiger partial charge in [-0.2, -0.15) is 0 Å². The number of carbonyl (C=O) groups is 3. The Morgan fingerprint density at radius 3 is 2.46 bits per heavy atom. The van der Waals surface area contributed by atoms with Crippen LogP contribution < -0.4 is 10.4 Å². The molecule has 0 aliphatic carbocycles. The van der Waals surface area contributed by atoms with E-state index in [-0.39, 0.29) is 25.5 Å². The Kier molecular flexibility index (Phi) is 7.76. The predicted octanol–water partition coefficient (Wildman–Crippen LogP) is 0.914. The molecule has 0 aromatic rings. The highest BCUT2D eigenvalue weighted by molar-refractivity contribution is 7.51. The normalized spacial score (nSPS) is 26.2. The van der Waals surface area contributed by atoms with Crippen LogP contribution in [-0.2, 0) is 32.7 Å². The summed E-state index contributed by atoms with van der Waals surface area (Å²) in [7, 11) is -2.77. The lowest BCUT2D eigenvalue weighted by Gasteiger charge is -2.41. The summed E-state index contributed by atoms with van der Waals surface area (Å²) >= 11 is 0. The van der Waals surface area contributed by atoms with Crippen LogP contribution in [0, 0.1) is 11.3 Å². The van der Waals surface area contributed by atoms with Crippen molar-refractivity contribution in [2.75, 3.05) is 20.3 Å². The van der Waals surface area contributed by atoms with Gasteiger partial charge in [-0.1, -0.05) is 27.7 Å². The zero-order valence-electron chi connectivity index (χ0n) is 15.6. The first-order valence-corrected chi connectivity index (χ1v) is 9.74. The van der Waals surface area contributed by atoms with Crippen LogP contribution in [0.25, 0.3) is 0 Å². The van der Waals surface area contributed by atoms with Crippen molar-refractivity contribution in [2.45, 2.75) is 46.3 Å². The fraction of sp³-hybridized carbons (Fsp3) is 0.800. The van der Waals surface area contributed by atoms with Crippen LogP contribution in [0.2, 0.25) is 0 Å². The molecule has 0 spiro atoms. The molecule has 0 bridgehead atoms. The molecule has 0 saturated carbocycles. The third-order valence-corrected chi connectivity index (χ3v) is 5.44. The average molecular weight is 394 g/mol. The van der Waals surface area contributed by atoms with Gasteiger partial charge in [-0.25, -0.2) is 9.65 Å². The highest BCUT2D eigenvalue weighted by Gasteiger charge is 2.49. The van der Waals surface area contributed by atoms with Gasteiger partial charge in [0.1, 0.15) is 6.04 Å². The first-order chi connectivity index (χ1) is 11.9. The van der Waals surface area contributed by atoms with E-state index in [2.05, 4.69) is 15.1 Å². The van der Waals surface area contributed by atoms with Gasteiger partial charge in [0, 0.05) is 12.0 Å². The Hall–Kier alpha value is -1.48. The first kappa shape index (κ1) is 22.6. The smallest absolute Gasteiger partial charge is 0.407 e. The summed E-state index contributed by atoms with van der Waals surface area (Å²) < 4.78 is 28.0. The number of esters is 1.